The molecule has 0 bridgehead atoms. The predicted octanol–water partition coefficient (Wildman–Crippen LogP) is 4.45. The highest BCUT2D eigenvalue weighted by atomic mass is 17.0. The molecule has 4 aliphatic carbocycles. The number of aliphatic hydroxyl groups is 2. The summed E-state index contributed by atoms with van der Waals surface area (Å²) in [7, 11) is 0. The van der Waals surface area contributed by atoms with Crippen molar-refractivity contribution in [3.8, 4) is 0 Å². The lowest BCUT2D eigenvalue weighted by molar-refractivity contribution is -0.773. The van der Waals surface area contributed by atoms with E-state index in [-0.39, 0.29) is 67.5 Å². The van der Waals surface area contributed by atoms with E-state index >= 15 is 0 Å². The molecule has 8 fully saturated rings. The molecular formula is C44H66N2O18. The number of fused-ring (bicyclic) bond motifs is 6. The zero-order valence-electron chi connectivity index (χ0n) is 37.8. The molecule has 9 aliphatic rings. The summed E-state index contributed by atoms with van der Waals surface area (Å²) in [6, 6.07) is 0. The van der Waals surface area contributed by atoms with E-state index in [1.165, 1.54) is 6.08 Å². The van der Waals surface area contributed by atoms with Gasteiger partial charge in [-0.05, 0) is 108 Å². The fourth-order valence-electron chi connectivity index (χ4n) is 14.2. The lowest BCUT2D eigenvalue weighted by atomic mass is 9.43. The van der Waals surface area contributed by atoms with Crippen LogP contribution in [0.15, 0.2) is 11.6 Å². The van der Waals surface area contributed by atoms with E-state index in [1.54, 1.807) is 13.8 Å². The van der Waals surface area contributed by atoms with Gasteiger partial charge in [0.15, 0.2) is 24.7 Å². The molecular weight excluding hydrogens is 844 g/mol. The minimum absolute atomic E-state index is 0.0462. The van der Waals surface area contributed by atoms with Crippen LogP contribution in [0.5, 0.6) is 0 Å². The van der Waals surface area contributed by atoms with E-state index in [2.05, 4.69) is 6.92 Å². The Kier molecular flexibility index (Phi) is 12.4. The number of carbonyl (C=O) groups is 1. The summed E-state index contributed by atoms with van der Waals surface area (Å²) in [4.78, 5) is 45.9. The van der Waals surface area contributed by atoms with Crippen LogP contribution in [0.4, 0.5) is 0 Å². The van der Waals surface area contributed by atoms with E-state index in [1.807, 2.05) is 27.7 Å². The second-order valence-electron chi connectivity index (χ2n) is 21.1. The highest BCUT2D eigenvalue weighted by molar-refractivity contribution is 5.85. The summed E-state index contributed by atoms with van der Waals surface area (Å²) in [5, 5.41) is 45.9. The van der Waals surface area contributed by atoms with Crippen LogP contribution in [0.25, 0.3) is 0 Å². The number of ether oxygens (including phenoxy) is 9. The fraction of sp³-hybridized carbons (Fsp3) is 0.932. The third kappa shape index (κ3) is 8.33. The molecule has 0 spiro atoms. The molecule has 20 heteroatoms. The van der Waals surface area contributed by atoms with Crippen LogP contribution in [0, 0.1) is 54.7 Å². The Balaban J connectivity index is 0.791. The van der Waals surface area contributed by atoms with Crippen molar-refractivity contribution in [3.63, 3.8) is 0 Å². The maximum Gasteiger partial charge on any atom is 0.331 e. The molecule has 9 rings (SSSR count). The van der Waals surface area contributed by atoms with Gasteiger partial charge in [0, 0.05) is 43.1 Å². The van der Waals surface area contributed by atoms with Crippen molar-refractivity contribution in [1.29, 1.82) is 0 Å². The first kappa shape index (κ1) is 46.3. The van der Waals surface area contributed by atoms with E-state index in [0.717, 1.165) is 38.5 Å². The lowest BCUT2D eigenvalue weighted by Crippen LogP contribution is -2.62. The van der Waals surface area contributed by atoms with Crippen LogP contribution in [0.3, 0.4) is 0 Å². The summed E-state index contributed by atoms with van der Waals surface area (Å²) in [6.45, 7) is 13.5. The Morgan fingerprint density at radius 3 is 2.09 bits per heavy atom. The van der Waals surface area contributed by atoms with E-state index < -0.39 is 100 Å². The Labute approximate surface area is 372 Å². The molecule has 0 aromatic rings. The van der Waals surface area contributed by atoms with Crippen molar-refractivity contribution in [1.82, 2.24) is 0 Å². The number of carbonyl (C=O) groups excluding carboxylic acids is 1. The minimum Gasteiger partial charge on any atom is -0.458 e. The van der Waals surface area contributed by atoms with Gasteiger partial charge >= 0.3 is 5.97 Å². The van der Waals surface area contributed by atoms with Crippen molar-refractivity contribution >= 4 is 5.97 Å². The Bertz CT molecular complexity index is 1810. The molecule has 0 amide bonds. The number of cyclic esters (lactones) is 1. The predicted molar refractivity (Wildman–Crippen MR) is 216 cm³/mol. The molecule has 0 aromatic heterocycles. The molecule has 360 valence electrons. The zero-order valence-corrected chi connectivity index (χ0v) is 37.8. The second-order valence-corrected chi connectivity index (χ2v) is 21.1. The summed E-state index contributed by atoms with van der Waals surface area (Å²) in [5.41, 5.74) is -1.40. The smallest absolute Gasteiger partial charge is 0.331 e. The summed E-state index contributed by atoms with van der Waals surface area (Å²) >= 11 is 0. The van der Waals surface area contributed by atoms with Crippen LogP contribution in [-0.2, 0) is 57.1 Å². The summed E-state index contributed by atoms with van der Waals surface area (Å²) < 4.78 is 55.1. The van der Waals surface area contributed by atoms with Crippen molar-refractivity contribution in [2.45, 2.75) is 216 Å². The molecule has 0 unspecified atom stereocenters. The average molecular weight is 911 g/mol. The van der Waals surface area contributed by atoms with E-state index in [0.29, 0.717) is 24.3 Å². The SMILES string of the molecule is C[C@H]1O[C@@H](O[C@H]2[C@@H](O)C[C@H](O[C@H]3CC[C@@]4(C)[C@H](CC[C@@H]5[C@@H]4CC[C@]4(C)[C@@H](C6=CC(=O)OC6)[C@@H](O[N+](=O)[O-])C[C@]54O)C3)O[C@@H]2C)C[C@H](O[N+](=O)[O-])[C@@H]1O[C@H]1C[C@@H]2OC(C)(C)O[C@@H]2[C@@H](C)O1. The zero-order chi connectivity index (χ0) is 45.7. The van der Waals surface area contributed by atoms with E-state index in [9.17, 15) is 35.2 Å². The van der Waals surface area contributed by atoms with Gasteiger partial charge in [-0.3, -0.25) is 0 Å². The number of rotatable bonds is 11. The lowest BCUT2D eigenvalue weighted by Gasteiger charge is -2.63. The number of nitrogens with zero attached hydrogens (tertiary/aromatic N) is 2. The first-order chi connectivity index (χ1) is 30.2. The normalized spacial score (nSPS) is 50.8. The van der Waals surface area contributed by atoms with Gasteiger partial charge in [0.05, 0.1) is 42.2 Å². The van der Waals surface area contributed by atoms with Gasteiger partial charge in [0.1, 0.15) is 37.1 Å². The van der Waals surface area contributed by atoms with Crippen molar-refractivity contribution < 1.29 is 77.5 Å². The number of esters is 1. The maximum absolute atomic E-state index is 12.8. The van der Waals surface area contributed by atoms with Crippen LogP contribution in [0.1, 0.15) is 119 Å². The average Bonchev–Trinajstić information content (AvgIpc) is 3.83. The topological polar surface area (TPSA) is 245 Å². The van der Waals surface area contributed by atoms with Gasteiger partial charge in [-0.1, -0.05) is 13.8 Å². The van der Waals surface area contributed by atoms with E-state index in [4.69, 9.17) is 52.3 Å². The van der Waals surface area contributed by atoms with Crippen LogP contribution in [-0.4, -0.2) is 130 Å². The standard InChI is InChI=1S/C44H66N2O18/c1-21-38(59-36-18-31(63-45(50)51)39(22(2)56-36)60-35-17-30-40(23(3)57-35)62-41(4,5)61-30)29(47)16-34(55-21)58-26-10-12-42(6)25(15-26)8-9-28-27(42)11-13-43(7)37(24-14-33(48)54-20-24)32(64-46(52)53)19-44(28,43)49/h14,21-23,25-32,34-40,47,49H,8-13,15-20H2,1-7H3/t21-,22-,23-,25-,26+,27+,28-,29+,30+,31+,32+,34+,35+,36+,37+,38-,39-,40-,42+,43-,44+/m1/s1. The minimum atomic E-state index is -1.22. The highest BCUT2D eigenvalue weighted by Crippen LogP contribution is 2.70. The van der Waals surface area contributed by atoms with Crippen molar-refractivity contribution in [2.24, 2.45) is 34.5 Å². The molecule has 5 heterocycles. The molecule has 20 nitrogen and oxygen atoms in total. The Hall–Kier alpha value is -2.79. The molecule has 0 radical (unpaired) electrons. The number of hydrogen-bond acceptors (Lipinski definition) is 18. The number of aliphatic hydroxyl groups excluding tert-OH is 1. The van der Waals surface area contributed by atoms with Gasteiger partial charge in [-0.25, -0.2) is 4.79 Å². The first-order valence-electron chi connectivity index (χ1n) is 23.3. The highest BCUT2D eigenvalue weighted by Gasteiger charge is 2.71. The van der Waals surface area contributed by atoms with Gasteiger partial charge < -0.3 is 62.5 Å². The summed E-state index contributed by atoms with van der Waals surface area (Å²) in [6.07, 6.45) is -1.80. The first-order valence-corrected chi connectivity index (χ1v) is 23.3. The Morgan fingerprint density at radius 2 is 1.41 bits per heavy atom. The molecule has 0 aromatic carbocycles. The Morgan fingerprint density at radius 1 is 0.750 bits per heavy atom. The molecule has 5 aliphatic heterocycles. The third-order valence-corrected chi connectivity index (χ3v) is 17.0. The van der Waals surface area contributed by atoms with Crippen molar-refractivity contribution in [3.05, 3.63) is 31.9 Å². The molecule has 64 heavy (non-hydrogen) atoms. The largest absolute Gasteiger partial charge is 0.458 e. The quantitative estimate of drug-likeness (QED) is 0.126. The summed E-state index contributed by atoms with van der Waals surface area (Å²) in [5.74, 6) is -1.36. The fourth-order valence-corrected chi connectivity index (χ4v) is 14.2. The van der Waals surface area contributed by atoms with Crippen LogP contribution in [0.2, 0.25) is 0 Å². The van der Waals surface area contributed by atoms with Gasteiger partial charge in [0.25, 0.3) is 10.2 Å². The van der Waals surface area contributed by atoms with Crippen LogP contribution < -0.4 is 0 Å². The molecule has 4 saturated heterocycles. The van der Waals surface area contributed by atoms with Crippen LogP contribution >= 0.6 is 0 Å². The maximum atomic E-state index is 12.8. The number of hydrogen-bond donors (Lipinski definition) is 2. The van der Waals surface area contributed by atoms with Gasteiger partial charge in [-0.2, -0.15) is 0 Å². The van der Waals surface area contributed by atoms with Gasteiger partial charge in [-0.15, -0.1) is 20.2 Å². The monoisotopic (exact) mass is 910 g/mol. The molecule has 2 N–H and O–H groups in total. The second kappa shape index (κ2) is 17.1. The molecule has 4 saturated carbocycles. The third-order valence-electron chi connectivity index (χ3n) is 17.0. The van der Waals surface area contributed by atoms with Crippen molar-refractivity contribution in [2.75, 3.05) is 6.61 Å². The molecule has 21 atom stereocenters. The van der Waals surface area contributed by atoms with Gasteiger partial charge in [0.2, 0.25) is 0 Å².